The Morgan fingerprint density at radius 2 is 1.00 bits per heavy atom. The molecule has 298 valence electrons. The molecule has 5 heteroatoms. The van der Waals surface area contributed by atoms with Crippen molar-refractivity contribution in [3.63, 3.8) is 0 Å². The van der Waals surface area contributed by atoms with Gasteiger partial charge in [0.2, 0.25) is 0 Å². The average molecular weight is 817 g/mol. The summed E-state index contributed by atoms with van der Waals surface area (Å²) in [6, 6.07) is 78.1. The SMILES string of the molecule is c1ccc(-c2cc(-c3cccc(-n4c5ccccc5c5c6c(ccc54)C4(c5ccccc5O6)c5ccccc5-n5c6ccccc6c6cccc4c65)c3)nc(-c3ccccc3)n2)cc1. The molecule has 0 saturated carbocycles. The predicted octanol–water partition coefficient (Wildman–Crippen LogP) is 14.5. The van der Waals surface area contributed by atoms with Crippen molar-refractivity contribution in [2.75, 3.05) is 0 Å². The van der Waals surface area contributed by atoms with Crippen molar-refractivity contribution in [2.45, 2.75) is 5.41 Å². The highest BCUT2D eigenvalue weighted by molar-refractivity contribution is 6.15. The summed E-state index contributed by atoms with van der Waals surface area (Å²) >= 11 is 0. The first kappa shape index (κ1) is 35.1. The van der Waals surface area contributed by atoms with E-state index < -0.39 is 5.41 Å². The summed E-state index contributed by atoms with van der Waals surface area (Å²) in [5, 5.41) is 4.72. The van der Waals surface area contributed by atoms with Crippen molar-refractivity contribution in [3.8, 4) is 56.8 Å². The highest BCUT2D eigenvalue weighted by Gasteiger charge is 2.50. The van der Waals surface area contributed by atoms with Gasteiger partial charge in [-0.15, -0.1) is 0 Å². The minimum absolute atomic E-state index is 0.665. The van der Waals surface area contributed by atoms with Gasteiger partial charge in [0.1, 0.15) is 11.5 Å². The molecule has 9 aromatic carbocycles. The van der Waals surface area contributed by atoms with E-state index in [4.69, 9.17) is 14.7 Å². The molecule has 0 radical (unpaired) electrons. The third-order valence-corrected chi connectivity index (χ3v) is 13.6. The molecule has 0 bridgehead atoms. The predicted molar refractivity (Wildman–Crippen MR) is 259 cm³/mol. The van der Waals surface area contributed by atoms with Crippen LogP contribution < -0.4 is 4.74 Å². The third-order valence-electron chi connectivity index (χ3n) is 13.6. The second-order valence-corrected chi connectivity index (χ2v) is 16.9. The highest BCUT2D eigenvalue weighted by atomic mass is 16.5. The van der Waals surface area contributed by atoms with E-state index in [1.54, 1.807) is 0 Å². The number of hydrogen-bond donors (Lipinski definition) is 0. The van der Waals surface area contributed by atoms with Crippen molar-refractivity contribution in [1.82, 2.24) is 19.1 Å². The first-order valence-corrected chi connectivity index (χ1v) is 21.8. The van der Waals surface area contributed by atoms with E-state index in [1.807, 2.05) is 24.3 Å². The lowest BCUT2D eigenvalue weighted by Crippen LogP contribution is -2.37. The molecular formula is C59H36N4O. The molecule has 64 heavy (non-hydrogen) atoms. The van der Waals surface area contributed by atoms with Gasteiger partial charge in [-0.1, -0.05) is 170 Å². The van der Waals surface area contributed by atoms with Gasteiger partial charge in [0.15, 0.2) is 5.82 Å². The monoisotopic (exact) mass is 816 g/mol. The fraction of sp³-hybridized carbons (Fsp3) is 0.0169. The van der Waals surface area contributed by atoms with Crippen molar-refractivity contribution in [2.24, 2.45) is 0 Å². The molecular weight excluding hydrogens is 781 g/mol. The summed E-state index contributed by atoms with van der Waals surface area (Å²) in [7, 11) is 0. The van der Waals surface area contributed by atoms with E-state index in [0.29, 0.717) is 5.82 Å². The number of rotatable bonds is 4. The van der Waals surface area contributed by atoms with Crippen molar-refractivity contribution < 1.29 is 4.74 Å². The Hall–Kier alpha value is -8.54. The maximum atomic E-state index is 7.30. The lowest BCUT2D eigenvalue weighted by Gasteiger charge is -2.45. The maximum absolute atomic E-state index is 7.30. The van der Waals surface area contributed by atoms with Crippen LogP contribution in [0.25, 0.3) is 88.9 Å². The van der Waals surface area contributed by atoms with Gasteiger partial charge in [-0.3, -0.25) is 0 Å². The van der Waals surface area contributed by atoms with Gasteiger partial charge in [-0.05, 0) is 59.7 Å². The molecule has 12 aromatic rings. The lowest BCUT2D eigenvalue weighted by molar-refractivity contribution is 0.439. The van der Waals surface area contributed by atoms with Crippen LogP contribution in [0.4, 0.5) is 0 Å². The Bertz CT molecular complexity index is 3830. The average Bonchev–Trinajstić information content (AvgIpc) is 3.90. The molecule has 0 aliphatic carbocycles. The Kier molecular flexibility index (Phi) is 7.26. The molecule has 2 aliphatic heterocycles. The standard InChI is InChI=1S/C59H36N4O/c1-3-17-37(18-4-1)48-36-49(61-58(60-48)38-19-5-2-6-20-38)39-21-15-22-40(35-39)62-51-30-12-8-24-43(51)55-53(62)34-33-47-57(55)64-54-32-14-10-27-45(54)59(47)44-26-9-13-31-52(44)63-50-29-11-7-23-41(50)42-25-16-28-46(59)56(42)63/h1-36H. The van der Waals surface area contributed by atoms with Crippen molar-refractivity contribution in [1.29, 1.82) is 0 Å². The van der Waals surface area contributed by atoms with Gasteiger partial charge in [-0.25, -0.2) is 9.97 Å². The Morgan fingerprint density at radius 1 is 0.391 bits per heavy atom. The van der Waals surface area contributed by atoms with Crippen LogP contribution in [0.1, 0.15) is 22.3 Å². The van der Waals surface area contributed by atoms with Crippen molar-refractivity contribution in [3.05, 3.63) is 241 Å². The molecule has 5 nitrogen and oxygen atoms in total. The number of hydrogen-bond acceptors (Lipinski definition) is 3. The van der Waals surface area contributed by atoms with Crippen LogP contribution in [0.3, 0.4) is 0 Å². The number of benzene rings is 9. The summed E-state index contributed by atoms with van der Waals surface area (Å²) < 4.78 is 12.2. The summed E-state index contributed by atoms with van der Waals surface area (Å²) in [5.74, 6) is 2.44. The van der Waals surface area contributed by atoms with E-state index in [1.165, 1.54) is 38.6 Å². The fourth-order valence-corrected chi connectivity index (χ4v) is 11.0. The molecule has 5 heterocycles. The van der Waals surface area contributed by atoms with E-state index in [0.717, 1.165) is 78.2 Å². The normalized spacial score (nSPS) is 14.8. The number of fused-ring (bicyclic) bond motifs is 15. The molecule has 0 amide bonds. The van der Waals surface area contributed by atoms with Crippen LogP contribution in [0, 0.1) is 0 Å². The summed E-state index contributed by atoms with van der Waals surface area (Å²) in [4.78, 5) is 10.3. The molecule has 0 N–H and O–H groups in total. The number of nitrogens with zero attached hydrogens (tertiary/aromatic N) is 4. The first-order chi connectivity index (χ1) is 31.8. The molecule has 2 aliphatic rings. The molecule has 1 unspecified atom stereocenters. The van der Waals surface area contributed by atoms with Gasteiger partial charge >= 0.3 is 0 Å². The summed E-state index contributed by atoms with van der Waals surface area (Å²) in [6.07, 6.45) is 0. The fourth-order valence-electron chi connectivity index (χ4n) is 11.0. The molecule has 1 spiro atoms. The first-order valence-electron chi connectivity index (χ1n) is 21.8. The van der Waals surface area contributed by atoms with E-state index >= 15 is 0 Å². The van der Waals surface area contributed by atoms with Gasteiger partial charge in [0.25, 0.3) is 0 Å². The number of aromatic nitrogens is 4. The van der Waals surface area contributed by atoms with E-state index in [2.05, 4.69) is 203 Å². The van der Waals surface area contributed by atoms with Gasteiger partial charge in [0.05, 0.1) is 49.9 Å². The Balaban J connectivity index is 1.03. The van der Waals surface area contributed by atoms with Crippen LogP contribution in [-0.2, 0) is 5.41 Å². The smallest absolute Gasteiger partial charge is 0.160 e. The van der Waals surface area contributed by atoms with Crippen LogP contribution in [-0.4, -0.2) is 19.1 Å². The molecule has 1 atom stereocenters. The minimum Gasteiger partial charge on any atom is -0.456 e. The maximum Gasteiger partial charge on any atom is 0.160 e. The highest BCUT2D eigenvalue weighted by Crippen LogP contribution is 2.62. The third kappa shape index (κ3) is 4.72. The van der Waals surface area contributed by atoms with Crippen molar-refractivity contribution >= 4 is 43.6 Å². The molecule has 14 rings (SSSR count). The number of ether oxygens (including phenoxy) is 1. The van der Waals surface area contributed by atoms with Gasteiger partial charge in [-0.2, -0.15) is 0 Å². The van der Waals surface area contributed by atoms with Crippen LogP contribution in [0.2, 0.25) is 0 Å². The second-order valence-electron chi connectivity index (χ2n) is 16.9. The van der Waals surface area contributed by atoms with Crippen LogP contribution >= 0.6 is 0 Å². The Labute approximate surface area is 368 Å². The topological polar surface area (TPSA) is 44.9 Å². The second kappa shape index (κ2) is 13.2. The lowest BCUT2D eigenvalue weighted by atomic mass is 9.61. The minimum atomic E-state index is -0.665. The molecule has 0 fully saturated rings. The largest absolute Gasteiger partial charge is 0.456 e. The number of para-hydroxylation sites is 5. The zero-order valence-corrected chi connectivity index (χ0v) is 34.5. The quantitative estimate of drug-likeness (QED) is 0.178. The van der Waals surface area contributed by atoms with Gasteiger partial charge < -0.3 is 13.9 Å². The zero-order chi connectivity index (χ0) is 41.9. The van der Waals surface area contributed by atoms with E-state index in [9.17, 15) is 0 Å². The van der Waals surface area contributed by atoms with E-state index in [-0.39, 0.29) is 0 Å². The van der Waals surface area contributed by atoms with Crippen LogP contribution in [0.5, 0.6) is 11.5 Å². The molecule has 3 aromatic heterocycles. The Morgan fingerprint density at radius 3 is 1.83 bits per heavy atom. The van der Waals surface area contributed by atoms with Gasteiger partial charge in [0, 0.05) is 49.7 Å². The van der Waals surface area contributed by atoms with Crippen LogP contribution in [0.15, 0.2) is 218 Å². The zero-order valence-electron chi connectivity index (χ0n) is 34.5. The summed E-state index contributed by atoms with van der Waals surface area (Å²) in [5.41, 5.74) is 15.7. The molecule has 0 saturated heterocycles. The summed E-state index contributed by atoms with van der Waals surface area (Å²) in [6.45, 7) is 0.